The molecule has 0 atom stereocenters. The summed E-state index contributed by atoms with van der Waals surface area (Å²) in [4.78, 5) is 31.5. The summed E-state index contributed by atoms with van der Waals surface area (Å²) in [6.07, 6.45) is 3.01. The third-order valence-corrected chi connectivity index (χ3v) is 3.11. The molecule has 0 aliphatic rings. The van der Waals surface area contributed by atoms with E-state index in [1.54, 1.807) is 25.3 Å². The zero-order valence-corrected chi connectivity index (χ0v) is 10.8. The van der Waals surface area contributed by atoms with E-state index in [0.717, 1.165) is 5.39 Å². The highest BCUT2D eigenvalue weighted by molar-refractivity contribution is 6.05. The number of nitrogens with zero attached hydrogens (tertiary/aromatic N) is 1. The van der Waals surface area contributed by atoms with Crippen molar-refractivity contribution in [2.45, 2.75) is 6.92 Å². The van der Waals surface area contributed by atoms with E-state index >= 15 is 0 Å². The third kappa shape index (κ3) is 1.84. The molecular formula is C15H12N2O3. The first kappa shape index (κ1) is 12.3. The van der Waals surface area contributed by atoms with Crippen LogP contribution in [-0.4, -0.2) is 22.5 Å². The van der Waals surface area contributed by atoms with E-state index in [1.807, 2.05) is 12.1 Å². The van der Waals surface area contributed by atoms with E-state index in [2.05, 4.69) is 9.97 Å². The fourth-order valence-electron chi connectivity index (χ4n) is 2.21. The average molecular weight is 268 g/mol. The number of H-pyrrole nitrogens is 1. The van der Waals surface area contributed by atoms with Gasteiger partial charge in [-0.3, -0.25) is 9.78 Å². The van der Waals surface area contributed by atoms with Crippen molar-refractivity contribution in [1.82, 2.24) is 9.97 Å². The van der Waals surface area contributed by atoms with Crippen LogP contribution in [0.1, 0.15) is 17.3 Å². The number of fused-ring (bicyclic) bond motifs is 3. The first-order valence-corrected chi connectivity index (χ1v) is 6.28. The number of esters is 1. The number of ether oxygens (including phenoxy) is 1. The standard InChI is InChI=1S/C15H12N2O3/c1-2-20-15(19)10-8-17-11-6-5-9-4-3-7-16-13(9)12(11)14(10)18/h3-8H,2H2,1H3,(H,17,18). The Labute approximate surface area is 114 Å². The van der Waals surface area contributed by atoms with Gasteiger partial charge >= 0.3 is 5.97 Å². The van der Waals surface area contributed by atoms with Gasteiger partial charge in [0.25, 0.3) is 0 Å². The van der Waals surface area contributed by atoms with Crippen molar-refractivity contribution in [3.63, 3.8) is 0 Å². The van der Waals surface area contributed by atoms with Crippen molar-refractivity contribution in [3.8, 4) is 0 Å². The second kappa shape index (κ2) is 4.77. The maximum absolute atomic E-state index is 12.5. The fraction of sp³-hybridized carbons (Fsp3) is 0.133. The summed E-state index contributed by atoms with van der Waals surface area (Å²) in [5.74, 6) is -0.622. The van der Waals surface area contributed by atoms with Gasteiger partial charge in [0.15, 0.2) is 0 Å². The van der Waals surface area contributed by atoms with E-state index in [9.17, 15) is 9.59 Å². The highest BCUT2D eigenvalue weighted by Gasteiger charge is 2.15. The predicted molar refractivity (Wildman–Crippen MR) is 75.8 cm³/mol. The molecule has 5 heteroatoms. The van der Waals surface area contributed by atoms with E-state index < -0.39 is 5.97 Å². The summed E-state index contributed by atoms with van der Waals surface area (Å²) in [5.41, 5.74) is 0.866. The molecule has 100 valence electrons. The highest BCUT2D eigenvalue weighted by atomic mass is 16.5. The van der Waals surface area contributed by atoms with Gasteiger partial charge in [-0.05, 0) is 19.1 Å². The lowest BCUT2D eigenvalue weighted by atomic mass is 10.1. The lowest BCUT2D eigenvalue weighted by Crippen LogP contribution is -2.18. The second-order valence-corrected chi connectivity index (χ2v) is 4.32. The van der Waals surface area contributed by atoms with Crippen LogP contribution in [0, 0.1) is 0 Å². The largest absolute Gasteiger partial charge is 0.462 e. The molecule has 3 aromatic rings. The number of benzene rings is 1. The predicted octanol–water partition coefficient (Wildman–Crippen LogP) is 2.25. The van der Waals surface area contributed by atoms with Crippen molar-refractivity contribution < 1.29 is 9.53 Å². The Kier molecular flexibility index (Phi) is 2.95. The van der Waals surface area contributed by atoms with Crippen molar-refractivity contribution in [2.24, 2.45) is 0 Å². The van der Waals surface area contributed by atoms with Gasteiger partial charge in [-0.25, -0.2) is 4.79 Å². The maximum atomic E-state index is 12.5. The van der Waals surface area contributed by atoms with Crippen molar-refractivity contribution in [1.29, 1.82) is 0 Å². The molecule has 0 saturated carbocycles. The first-order chi connectivity index (χ1) is 9.72. The van der Waals surface area contributed by atoms with Crippen LogP contribution in [0.5, 0.6) is 0 Å². The number of hydrogen-bond acceptors (Lipinski definition) is 4. The Morgan fingerprint density at radius 2 is 2.20 bits per heavy atom. The molecular weight excluding hydrogens is 256 g/mol. The summed E-state index contributed by atoms with van der Waals surface area (Å²) in [6, 6.07) is 7.36. The molecule has 0 unspecified atom stereocenters. The minimum atomic E-state index is -0.622. The van der Waals surface area contributed by atoms with Crippen LogP contribution in [0.15, 0.2) is 41.5 Å². The lowest BCUT2D eigenvalue weighted by molar-refractivity contribution is 0.0524. The van der Waals surface area contributed by atoms with Gasteiger partial charge in [-0.1, -0.05) is 12.1 Å². The molecule has 1 aromatic carbocycles. The molecule has 0 fully saturated rings. The van der Waals surface area contributed by atoms with Gasteiger partial charge in [-0.15, -0.1) is 0 Å². The summed E-state index contributed by atoms with van der Waals surface area (Å²) in [7, 11) is 0. The number of hydrogen-bond donors (Lipinski definition) is 1. The van der Waals surface area contributed by atoms with Crippen molar-refractivity contribution >= 4 is 27.8 Å². The molecule has 20 heavy (non-hydrogen) atoms. The summed E-state index contributed by atoms with van der Waals surface area (Å²) >= 11 is 0. The van der Waals surface area contributed by atoms with Gasteiger partial charge in [0.2, 0.25) is 5.43 Å². The van der Waals surface area contributed by atoms with Crippen LogP contribution in [0.2, 0.25) is 0 Å². The topological polar surface area (TPSA) is 72.1 Å². The molecule has 0 aliphatic heterocycles. The molecule has 2 heterocycles. The fourth-order valence-corrected chi connectivity index (χ4v) is 2.21. The number of carbonyl (C=O) groups excluding carboxylic acids is 1. The van der Waals surface area contributed by atoms with Crippen LogP contribution in [0.3, 0.4) is 0 Å². The summed E-state index contributed by atoms with van der Waals surface area (Å²) in [5, 5.41) is 1.26. The van der Waals surface area contributed by atoms with Gasteiger partial charge in [0.05, 0.1) is 23.0 Å². The number of carbonyl (C=O) groups is 1. The molecule has 0 aliphatic carbocycles. The molecule has 0 saturated heterocycles. The van der Waals surface area contributed by atoms with E-state index in [1.165, 1.54) is 6.20 Å². The van der Waals surface area contributed by atoms with E-state index in [4.69, 9.17) is 4.74 Å². The van der Waals surface area contributed by atoms with Gasteiger partial charge in [-0.2, -0.15) is 0 Å². The number of aromatic nitrogens is 2. The first-order valence-electron chi connectivity index (χ1n) is 6.28. The van der Waals surface area contributed by atoms with E-state index in [-0.39, 0.29) is 17.6 Å². The molecule has 2 aromatic heterocycles. The Bertz CT molecular complexity index is 868. The smallest absolute Gasteiger partial charge is 0.343 e. The Hall–Kier alpha value is -2.69. The molecule has 0 radical (unpaired) electrons. The molecule has 0 amide bonds. The minimum absolute atomic E-state index is 0.00231. The molecule has 0 bridgehead atoms. The zero-order chi connectivity index (χ0) is 14.1. The van der Waals surface area contributed by atoms with Crippen LogP contribution in [-0.2, 0) is 4.74 Å². The molecule has 1 N–H and O–H groups in total. The number of aromatic amines is 1. The second-order valence-electron chi connectivity index (χ2n) is 4.32. The normalized spacial score (nSPS) is 10.8. The van der Waals surface area contributed by atoms with Crippen LogP contribution in [0.25, 0.3) is 21.8 Å². The van der Waals surface area contributed by atoms with Crippen molar-refractivity contribution in [2.75, 3.05) is 6.61 Å². The summed E-state index contributed by atoms with van der Waals surface area (Å²) < 4.78 is 4.89. The highest BCUT2D eigenvalue weighted by Crippen LogP contribution is 2.19. The van der Waals surface area contributed by atoms with Gasteiger partial charge < -0.3 is 9.72 Å². The SMILES string of the molecule is CCOC(=O)c1c[nH]c2ccc3cccnc3c2c1=O. The Morgan fingerprint density at radius 3 is 3.00 bits per heavy atom. The quantitative estimate of drug-likeness (QED) is 0.571. The summed E-state index contributed by atoms with van der Waals surface area (Å²) in [6.45, 7) is 1.92. The molecule has 3 rings (SSSR count). The van der Waals surface area contributed by atoms with Gasteiger partial charge in [0, 0.05) is 17.8 Å². The van der Waals surface area contributed by atoms with E-state index in [0.29, 0.717) is 16.4 Å². The average Bonchev–Trinajstić information content (AvgIpc) is 2.47. The van der Waals surface area contributed by atoms with Crippen LogP contribution >= 0.6 is 0 Å². The number of nitrogens with one attached hydrogen (secondary N) is 1. The minimum Gasteiger partial charge on any atom is -0.462 e. The Morgan fingerprint density at radius 1 is 1.35 bits per heavy atom. The number of rotatable bonds is 2. The molecule has 5 nitrogen and oxygen atoms in total. The Balaban J connectivity index is 2.38. The maximum Gasteiger partial charge on any atom is 0.343 e. The third-order valence-electron chi connectivity index (χ3n) is 3.11. The lowest BCUT2D eigenvalue weighted by Gasteiger charge is -2.05. The van der Waals surface area contributed by atoms with Crippen molar-refractivity contribution in [3.05, 3.63) is 52.4 Å². The van der Waals surface area contributed by atoms with Crippen LogP contribution < -0.4 is 5.43 Å². The number of pyridine rings is 2. The monoisotopic (exact) mass is 268 g/mol. The van der Waals surface area contributed by atoms with Gasteiger partial charge in [0.1, 0.15) is 5.56 Å². The zero-order valence-electron chi connectivity index (χ0n) is 10.8. The van der Waals surface area contributed by atoms with Crippen LogP contribution in [0.4, 0.5) is 0 Å². The molecule has 0 spiro atoms.